The molecule has 0 amide bonds. The molecular weight excluding hydrogens is 378 g/mol. The summed E-state index contributed by atoms with van der Waals surface area (Å²) in [6.07, 6.45) is 1.96. The van der Waals surface area contributed by atoms with Gasteiger partial charge in [-0.1, -0.05) is 6.92 Å². The summed E-state index contributed by atoms with van der Waals surface area (Å²) in [6, 6.07) is 2.60. The van der Waals surface area contributed by atoms with Crippen molar-refractivity contribution in [1.29, 1.82) is 0 Å². The molecule has 0 aromatic heterocycles. The smallest absolute Gasteiger partial charge is 0.335 e. The van der Waals surface area contributed by atoms with Gasteiger partial charge >= 0.3 is 5.97 Å². The van der Waals surface area contributed by atoms with E-state index in [0.29, 0.717) is 16.6 Å². The van der Waals surface area contributed by atoms with Crippen LogP contribution in [0.4, 0.5) is 0 Å². The number of halogens is 1. The molecule has 0 saturated heterocycles. The minimum absolute atomic E-state index is 0.0451. The second kappa shape index (κ2) is 7.62. The highest BCUT2D eigenvalue weighted by Gasteiger charge is 2.22. The minimum atomic E-state index is -3.75. The van der Waals surface area contributed by atoms with E-state index >= 15 is 0 Å². The Kier molecular flexibility index (Phi) is 6.71. The number of aryl methyl sites for hydroxylation is 1. The molecule has 1 rings (SSSR count). The minimum Gasteiger partial charge on any atom is -0.478 e. The van der Waals surface area contributed by atoms with E-state index in [1.54, 1.807) is 18.7 Å². The summed E-state index contributed by atoms with van der Waals surface area (Å²) in [7, 11) is -3.75. The maximum atomic E-state index is 12.3. The first-order valence-electron chi connectivity index (χ1n) is 6.21. The van der Waals surface area contributed by atoms with Gasteiger partial charge in [-0.15, -0.1) is 0 Å². The largest absolute Gasteiger partial charge is 0.478 e. The van der Waals surface area contributed by atoms with Crippen LogP contribution < -0.4 is 4.72 Å². The number of thioether (sulfide) groups is 1. The number of carboxylic acids is 1. The number of hydrogen-bond acceptors (Lipinski definition) is 4. The lowest BCUT2D eigenvalue weighted by atomic mass is 10.1. The van der Waals surface area contributed by atoms with Crippen LogP contribution in [-0.4, -0.2) is 38.0 Å². The normalized spacial score (nSPS) is 13.1. The summed E-state index contributed by atoms with van der Waals surface area (Å²) in [4.78, 5) is 11.0. The summed E-state index contributed by atoms with van der Waals surface area (Å²) >= 11 is 4.87. The van der Waals surface area contributed by atoms with Gasteiger partial charge in [0, 0.05) is 11.0 Å². The quantitative estimate of drug-likeness (QED) is 0.741. The zero-order valence-electron chi connectivity index (χ0n) is 12.0. The maximum Gasteiger partial charge on any atom is 0.335 e. The second-order valence-electron chi connectivity index (χ2n) is 4.82. The van der Waals surface area contributed by atoms with E-state index in [9.17, 15) is 13.2 Å². The van der Waals surface area contributed by atoms with Crippen LogP contribution in [-0.2, 0) is 10.0 Å². The van der Waals surface area contributed by atoms with Crippen molar-refractivity contribution in [3.63, 3.8) is 0 Å². The van der Waals surface area contributed by atoms with Gasteiger partial charge in [-0.05, 0) is 58.5 Å². The summed E-state index contributed by atoms with van der Waals surface area (Å²) in [5.41, 5.74) is 0.515. The van der Waals surface area contributed by atoms with Gasteiger partial charge < -0.3 is 5.11 Å². The Hall–Kier alpha value is -0.570. The van der Waals surface area contributed by atoms with Crippen molar-refractivity contribution < 1.29 is 18.3 Å². The molecule has 0 aliphatic carbocycles. The SMILES string of the molecule is CSCC(C)CNS(=O)(=O)c1cc(C(=O)O)cc(C)c1Br. The summed E-state index contributed by atoms with van der Waals surface area (Å²) in [6.45, 7) is 3.92. The third-order valence-corrected chi connectivity index (χ3v) is 6.50. The fourth-order valence-corrected chi connectivity index (χ4v) is 4.62. The number of aromatic carboxylic acids is 1. The molecule has 0 aliphatic heterocycles. The number of nitrogens with one attached hydrogen (secondary N) is 1. The van der Waals surface area contributed by atoms with E-state index in [1.807, 2.05) is 13.2 Å². The topological polar surface area (TPSA) is 83.5 Å². The molecule has 21 heavy (non-hydrogen) atoms. The molecule has 0 heterocycles. The Labute approximate surface area is 137 Å². The first kappa shape index (κ1) is 18.5. The van der Waals surface area contributed by atoms with Gasteiger partial charge in [0.15, 0.2) is 0 Å². The van der Waals surface area contributed by atoms with Crippen molar-refractivity contribution in [2.75, 3.05) is 18.6 Å². The van der Waals surface area contributed by atoms with Gasteiger partial charge in [0.1, 0.15) is 0 Å². The Bertz CT molecular complexity index is 631. The predicted octanol–water partition coefficient (Wildman–Crippen LogP) is 2.73. The zero-order valence-corrected chi connectivity index (χ0v) is 15.2. The zero-order chi connectivity index (χ0) is 16.2. The molecule has 0 spiro atoms. The van der Waals surface area contributed by atoms with Crippen LogP contribution in [0.3, 0.4) is 0 Å². The van der Waals surface area contributed by atoms with Crippen molar-refractivity contribution in [2.45, 2.75) is 18.7 Å². The molecule has 0 saturated carbocycles. The lowest BCUT2D eigenvalue weighted by Gasteiger charge is -2.14. The fraction of sp³-hybridized carbons (Fsp3) is 0.462. The number of rotatable bonds is 7. The number of hydrogen-bond donors (Lipinski definition) is 2. The van der Waals surface area contributed by atoms with Crippen LogP contribution in [0.2, 0.25) is 0 Å². The number of carboxylic acid groups (broad SMARTS) is 1. The first-order chi connectivity index (χ1) is 9.69. The predicted molar refractivity (Wildman–Crippen MR) is 88.6 cm³/mol. The number of benzene rings is 1. The van der Waals surface area contributed by atoms with Gasteiger partial charge in [0.05, 0.1) is 10.5 Å². The molecule has 1 aromatic rings. The molecule has 0 aliphatic rings. The summed E-state index contributed by atoms with van der Waals surface area (Å²) in [5.74, 6) is -0.118. The third kappa shape index (κ3) is 4.98. The Balaban J connectivity index is 3.10. The lowest BCUT2D eigenvalue weighted by molar-refractivity contribution is 0.0696. The van der Waals surface area contributed by atoms with E-state index in [2.05, 4.69) is 20.7 Å². The molecule has 0 bridgehead atoms. The van der Waals surface area contributed by atoms with Gasteiger partial charge in [-0.3, -0.25) is 0 Å². The Morgan fingerprint density at radius 3 is 2.62 bits per heavy atom. The third-order valence-electron chi connectivity index (χ3n) is 2.83. The molecule has 1 atom stereocenters. The Morgan fingerprint density at radius 2 is 2.10 bits per heavy atom. The highest BCUT2D eigenvalue weighted by molar-refractivity contribution is 9.10. The number of carbonyl (C=O) groups is 1. The molecule has 0 radical (unpaired) electrons. The monoisotopic (exact) mass is 395 g/mol. The van der Waals surface area contributed by atoms with Crippen LogP contribution in [0, 0.1) is 12.8 Å². The summed E-state index contributed by atoms with van der Waals surface area (Å²) in [5, 5.41) is 9.05. The average molecular weight is 396 g/mol. The lowest BCUT2D eigenvalue weighted by Crippen LogP contribution is -2.29. The van der Waals surface area contributed by atoms with Crippen LogP contribution in [0.25, 0.3) is 0 Å². The van der Waals surface area contributed by atoms with Crippen LogP contribution >= 0.6 is 27.7 Å². The molecule has 1 unspecified atom stereocenters. The molecule has 5 nitrogen and oxygen atoms in total. The molecule has 118 valence electrons. The maximum absolute atomic E-state index is 12.3. The molecular formula is C13H18BrNO4S2. The van der Waals surface area contributed by atoms with Crippen molar-refractivity contribution in [3.8, 4) is 0 Å². The molecule has 1 aromatic carbocycles. The fourth-order valence-electron chi connectivity index (χ4n) is 1.73. The highest BCUT2D eigenvalue weighted by Crippen LogP contribution is 2.27. The van der Waals surface area contributed by atoms with Crippen LogP contribution in [0.15, 0.2) is 21.5 Å². The Morgan fingerprint density at radius 1 is 1.48 bits per heavy atom. The van der Waals surface area contributed by atoms with Gasteiger partial charge in [-0.25, -0.2) is 17.9 Å². The number of sulfonamides is 1. The van der Waals surface area contributed by atoms with Crippen LogP contribution in [0.5, 0.6) is 0 Å². The standard InChI is InChI=1S/C13H18BrNO4S2/c1-8(7-20-3)6-15-21(18,19)11-5-10(13(16)17)4-9(2)12(11)14/h4-5,8,15H,6-7H2,1-3H3,(H,16,17). The van der Waals surface area contributed by atoms with Crippen LogP contribution in [0.1, 0.15) is 22.8 Å². The van der Waals surface area contributed by atoms with E-state index in [4.69, 9.17) is 5.11 Å². The summed E-state index contributed by atoms with van der Waals surface area (Å²) < 4.78 is 27.6. The van der Waals surface area contributed by atoms with Crippen molar-refractivity contribution in [2.24, 2.45) is 5.92 Å². The second-order valence-corrected chi connectivity index (χ2v) is 8.26. The first-order valence-corrected chi connectivity index (χ1v) is 9.88. The van der Waals surface area contributed by atoms with Gasteiger partial charge in [-0.2, -0.15) is 11.8 Å². The van der Waals surface area contributed by atoms with Crippen molar-refractivity contribution in [3.05, 3.63) is 27.7 Å². The van der Waals surface area contributed by atoms with E-state index in [-0.39, 0.29) is 16.4 Å². The molecule has 8 heteroatoms. The molecule has 0 fully saturated rings. The van der Waals surface area contributed by atoms with E-state index in [0.717, 1.165) is 5.75 Å². The average Bonchev–Trinajstić information content (AvgIpc) is 2.39. The highest BCUT2D eigenvalue weighted by atomic mass is 79.9. The van der Waals surface area contributed by atoms with Crippen molar-refractivity contribution >= 4 is 43.7 Å². The van der Waals surface area contributed by atoms with E-state index < -0.39 is 16.0 Å². The van der Waals surface area contributed by atoms with Crippen molar-refractivity contribution in [1.82, 2.24) is 4.72 Å². The van der Waals surface area contributed by atoms with Gasteiger partial charge in [0.25, 0.3) is 0 Å². The van der Waals surface area contributed by atoms with E-state index in [1.165, 1.54) is 12.1 Å². The molecule has 2 N–H and O–H groups in total. The van der Waals surface area contributed by atoms with Gasteiger partial charge in [0.2, 0.25) is 10.0 Å².